The third kappa shape index (κ3) is 3.20. The molecule has 0 bridgehead atoms. The molecule has 2 amide bonds. The minimum atomic E-state index is -0.0539. The zero-order valence-corrected chi connectivity index (χ0v) is 12.4. The fourth-order valence-electron chi connectivity index (χ4n) is 2.64. The third-order valence-electron chi connectivity index (χ3n) is 4.25. The summed E-state index contributed by atoms with van der Waals surface area (Å²) in [6.07, 6.45) is 7.06. The van der Waals surface area contributed by atoms with Crippen molar-refractivity contribution in [3.05, 3.63) is 35.6 Å². The third-order valence-corrected chi connectivity index (χ3v) is 4.25. The largest absolute Gasteiger partial charge is 0.464 e. The Morgan fingerprint density at radius 3 is 2.95 bits per heavy atom. The van der Waals surface area contributed by atoms with Gasteiger partial charge in [-0.05, 0) is 55.4 Å². The molecule has 4 nitrogen and oxygen atoms in total. The van der Waals surface area contributed by atoms with Crippen LogP contribution in [0.4, 0.5) is 4.79 Å². The number of benzene rings is 1. The van der Waals surface area contributed by atoms with Crippen LogP contribution >= 0.6 is 0 Å². The van der Waals surface area contributed by atoms with E-state index in [1.54, 1.807) is 6.26 Å². The Kier molecular flexibility index (Phi) is 4.13. The summed E-state index contributed by atoms with van der Waals surface area (Å²) in [7, 11) is 0. The summed E-state index contributed by atoms with van der Waals surface area (Å²) in [6.45, 7) is 2.77. The molecule has 21 heavy (non-hydrogen) atoms. The molecule has 0 spiro atoms. The van der Waals surface area contributed by atoms with Crippen LogP contribution in [-0.2, 0) is 12.8 Å². The molecule has 0 aliphatic heterocycles. The summed E-state index contributed by atoms with van der Waals surface area (Å²) in [6, 6.07) is 6.63. The Morgan fingerprint density at radius 1 is 1.38 bits per heavy atom. The molecule has 1 saturated carbocycles. The Balaban J connectivity index is 1.56. The van der Waals surface area contributed by atoms with Crippen LogP contribution in [0.1, 0.15) is 37.3 Å². The van der Waals surface area contributed by atoms with Crippen molar-refractivity contribution in [3.63, 3.8) is 0 Å². The number of carbonyl (C=O) groups is 1. The first-order chi connectivity index (χ1) is 10.3. The molecule has 1 aliphatic carbocycles. The van der Waals surface area contributed by atoms with Gasteiger partial charge in [-0.1, -0.05) is 13.0 Å². The van der Waals surface area contributed by atoms with E-state index in [-0.39, 0.29) is 6.03 Å². The highest BCUT2D eigenvalue weighted by atomic mass is 16.3. The molecule has 1 fully saturated rings. The van der Waals surface area contributed by atoms with Crippen molar-refractivity contribution < 1.29 is 9.21 Å². The number of aryl methyl sites for hydroxylation is 1. The predicted molar refractivity (Wildman–Crippen MR) is 83.5 cm³/mol. The molecule has 1 aromatic heterocycles. The van der Waals surface area contributed by atoms with Crippen LogP contribution in [0.15, 0.2) is 28.9 Å². The summed E-state index contributed by atoms with van der Waals surface area (Å²) >= 11 is 0. The van der Waals surface area contributed by atoms with Crippen molar-refractivity contribution >= 4 is 17.0 Å². The summed E-state index contributed by atoms with van der Waals surface area (Å²) in [4.78, 5) is 11.7. The second kappa shape index (κ2) is 6.20. The highest BCUT2D eigenvalue weighted by Crippen LogP contribution is 2.23. The molecule has 1 aromatic carbocycles. The van der Waals surface area contributed by atoms with E-state index in [9.17, 15) is 4.79 Å². The van der Waals surface area contributed by atoms with Gasteiger partial charge in [-0.25, -0.2) is 4.79 Å². The van der Waals surface area contributed by atoms with Gasteiger partial charge in [0.05, 0.1) is 6.26 Å². The van der Waals surface area contributed by atoms with E-state index in [0.29, 0.717) is 12.6 Å². The number of urea groups is 1. The normalized spacial score (nSPS) is 14.9. The summed E-state index contributed by atoms with van der Waals surface area (Å²) in [5.74, 6) is 0. The van der Waals surface area contributed by atoms with E-state index >= 15 is 0 Å². The quantitative estimate of drug-likeness (QED) is 0.885. The van der Waals surface area contributed by atoms with Gasteiger partial charge in [0, 0.05) is 18.0 Å². The second-order valence-electron chi connectivity index (χ2n) is 5.72. The Bertz CT molecular complexity index is 629. The van der Waals surface area contributed by atoms with Crippen LogP contribution in [0.3, 0.4) is 0 Å². The number of nitrogens with one attached hydrogen (secondary N) is 2. The first-order valence-corrected chi connectivity index (χ1v) is 7.79. The van der Waals surface area contributed by atoms with Gasteiger partial charge < -0.3 is 15.1 Å². The van der Waals surface area contributed by atoms with E-state index in [0.717, 1.165) is 42.2 Å². The topological polar surface area (TPSA) is 54.3 Å². The van der Waals surface area contributed by atoms with Crippen molar-refractivity contribution in [1.82, 2.24) is 10.6 Å². The van der Waals surface area contributed by atoms with Crippen LogP contribution in [-0.4, -0.2) is 18.6 Å². The Labute approximate surface area is 124 Å². The number of amides is 2. The summed E-state index contributed by atoms with van der Waals surface area (Å²) < 4.78 is 5.57. The molecule has 0 saturated heterocycles. The lowest BCUT2D eigenvalue weighted by Crippen LogP contribution is -2.45. The molecule has 1 aliphatic rings. The minimum absolute atomic E-state index is 0.0539. The molecule has 2 N–H and O–H groups in total. The maximum absolute atomic E-state index is 11.7. The monoisotopic (exact) mass is 286 g/mol. The lowest BCUT2D eigenvalue weighted by molar-refractivity contribution is 0.228. The van der Waals surface area contributed by atoms with Gasteiger partial charge in [0.1, 0.15) is 5.58 Å². The molecule has 0 radical (unpaired) electrons. The van der Waals surface area contributed by atoms with Crippen molar-refractivity contribution in [2.75, 3.05) is 6.54 Å². The van der Waals surface area contributed by atoms with E-state index in [4.69, 9.17) is 4.42 Å². The smallest absolute Gasteiger partial charge is 0.315 e. The van der Waals surface area contributed by atoms with Gasteiger partial charge in [-0.15, -0.1) is 0 Å². The summed E-state index contributed by atoms with van der Waals surface area (Å²) in [5, 5.41) is 7.06. The van der Waals surface area contributed by atoms with Crippen molar-refractivity contribution in [2.24, 2.45) is 0 Å². The van der Waals surface area contributed by atoms with Crippen LogP contribution in [0.5, 0.6) is 0 Å². The van der Waals surface area contributed by atoms with Gasteiger partial charge in [0.25, 0.3) is 0 Å². The predicted octanol–water partition coefficient (Wildman–Crippen LogP) is 3.39. The highest BCUT2D eigenvalue weighted by Gasteiger charge is 2.18. The van der Waals surface area contributed by atoms with E-state index in [1.807, 2.05) is 6.07 Å². The van der Waals surface area contributed by atoms with Gasteiger partial charge >= 0.3 is 6.03 Å². The van der Waals surface area contributed by atoms with E-state index in [1.165, 1.54) is 12.0 Å². The Hall–Kier alpha value is -1.97. The van der Waals surface area contributed by atoms with Crippen molar-refractivity contribution in [2.45, 2.75) is 45.1 Å². The van der Waals surface area contributed by atoms with Gasteiger partial charge in [0.15, 0.2) is 0 Å². The SMILES string of the molecule is CCc1ccc2occ(CCNC(=O)NC3CCC3)c2c1. The van der Waals surface area contributed by atoms with Gasteiger partial charge in [-0.3, -0.25) is 0 Å². The first kappa shape index (κ1) is 14.0. The average Bonchev–Trinajstić information content (AvgIpc) is 2.85. The lowest BCUT2D eigenvalue weighted by atomic mass is 9.93. The maximum atomic E-state index is 11.7. The molecule has 1 heterocycles. The molecule has 112 valence electrons. The number of hydrogen-bond donors (Lipinski definition) is 2. The molecule has 2 aromatic rings. The lowest BCUT2D eigenvalue weighted by Gasteiger charge is -2.26. The minimum Gasteiger partial charge on any atom is -0.464 e. The van der Waals surface area contributed by atoms with Gasteiger partial charge in [-0.2, -0.15) is 0 Å². The van der Waals surface area contributed by atoms with Crippen LogP contribution in [0.2, 0.25) is 0 Å². The summed E-state index contributed by atoms with van der Waals surface area (Å²) in [5.41, 5.74) is 3.38. The van der Waals surface area contributed by atoms with Crippen LogP contribution in [0, 0.1) is 0 Å². The van der Waals surface area contributed by atoms with Crippen molar-refractivity contribution in [3.8, 4) is 0 Å². The molecular formula is C17H22N2O2. The zero-order valence-electron chi connectivity index (χ0n) is 12.4. The molecular weight excluding hydrogens is 264 g/mol. The van der Waals surface area contributed by atoms with Gasteiger partial charge in [0.2, 0.25) is 0 Å². The second-order valence-corrected chi connectivity index (χ2v) is 5.72. The highest BCUT2D eigenvalue weighted by molar-refractivity contribution is 5.82. The fourth-order valence-corrected chi connectivity index (χ4v) is 2.64. The first-order valence-electron chi connectivity index (χ1n) is 7.79. The maximum Gasteiger partial charge on any atom is 0.315 e. The number of rotatable bonds is 5. The molecule has 3 rings (SSSR count). The number of hydrogen-bond acceptors (Lipinski definition) is 2. The number of carbonyl (C=O) groups excluding carboxylic acids is 1. The molecule has 0 unspecified atom stereocenters. The average molecular weight is 286 g/mol. The van der Waals surface area contributed by atoms with E-state index in [2.05, 4.69) is 29.7 Å². The molecule has 0 atom stereocenters. The molecule has 4 heteroatoms. The van der Waals surface area contributed by atoms with Crippen LogP contribution in [0.25, 0.3) is 11.0 Å². The van der Waals surface area contributed by atoms with Crippen molar-refractivity contribution in [1.29, 1.82) is 0 Å². The Morgan fingerprint density at radius 2 is 2.24 bits per heavy atom. The zero-order chi connectivity index (χ0) is 14.7. The fraction of sp³-hybridized carbons (Fsp3) is 0.471. The number of furan rings is 1. The van der Waals surface area contributed by atoms with E-state index < -0.39 is 0 Å². The van der Waals surface area contributed by atoms with Crippen LogP contribution < -0.4 is 10.6 Å². The standard InChI is InChI=1S/C17H22N2O2/c1-2-12-6-7-16-15(10-12)13(11-21-16)8-9-18-17(20)19-14-4-3-5-14/h6-7,10-11,14H,2-5,8-9H2,1H3,(H2,18,19,20). The number of fused-ring (bicyclic) bond motifs is 1.